The summed E-state index contributed by atoms with van der Waals surface area (Å²) in [6.07, 6.45) is 0.405. The van der Waals surface area contributed by atoms with Crippen LogP contribution in [0.25, 0.3) is 0 Å². The van der Waals surface area contributed by atoms with Gasteiger partial charge in [-0.15, -0.1) is 0 Å². The fraction of sp³-hybridized carbons (Fsp3) is 0.381. The number of halogens is 1. The molecule has 1 aromatic carbocycles. The van der Waals surface area contributed by atoms with Crippen LogP contribution in [0.2, 0.25) is 5.02 Å². The second-order valence-electron chi connectivity index (χ2n) is 8.20. The number of hydrogen-bond acceptors (Lipinski definition) is 5. The van der Waals surface area contributed by atoms with Crippen molar-refractivity contribution in [1.29, 1.82) is 0 Å². The average Bonchev–Trinajstić information content (AvgIpc) is 2.63. The molecule has 154 valence electrons. The Labute approximate surface area is 172 Å². The zero-order valence-electron chi connectivity index (χ0n) is 16.7. The summed E-state index contributed by atoms with van der Waals surface area (Å²) in [5.41, 5.74) is -1.68. The number of carbonyl (C=O) groups excluding carboxylic acids is 1. The molecule has 1 aliphatic carbocycles. The van der Waals surface area contributed by atoms with Crippen molar-refractivity contribution >= 4 is 17.4 Å². The molecule has 2 aromatic rings. The van der Waals surface area contributed by atoms with Crippen LogP contribution in [0.15, 0.2) is 45.2 Å². The van der Waals surface area contributed by atoms with E-state index in [2.05, 4.69) is 0 Å². The minimum Gasteiger partial charge on any atom is -0.512 e. The smallest absolute Gasteiger partial charge is 0.333 e. The van der Waals surface area contributed by atoms with Crippen molar-refractivity contribution in [3.63, 3.8) is 0 Å². The lowest BCUT2D eigenvalue weighted by molar-refractivity contribution is -0.118. The number of Topliss-reactive ketones (excluding diaryl/α,β-unsaturated/α-hetero) is 1. The van der Waals surface area contributed by atoms with Gasteiger partial charge in [0.2, 0.25) is 5.88 Å². The summed E-state index contributed by atoms with van der Waals surface area (Å²) in [6, 6.07) is 6.61. The second kappa shape index (κ2) is 7.22. The van der Waals surface area contributed by atoms with Crippen LogP contribution in [0.4, 0.5) is 0 Å². The van der Waals surface area contributed by atoms with Crippen LogP contribution in [0.3, 0.4) is 0 Å². The lowest BCUT2D eigenvalue weighted by Crippen LogP contribution is -2.40. The second-order valence-corrected chi connectivity index (χ2v) is 8.61. The molecule has 7 nitrogen and oxygen atoms in total. The van der Waals surface area contributed by atoms with Gasteiger partial charge in [-0.1, -0.05) is 43.6 Å². The van der Waals surface area contributed by atoms with Crippen LogP contribution in [0.1, 0.15) is 43.7 Å². The molecule has 29 heavy (non-hydrogen) atoms. The van der Waals surface area contributed by atoms with Crippen molar-refractivity contribution < 1.29 is 15.0 Å². The Balaban J connectivity index is 2.43. The summed E-state index contributed by atoms with van der Waals surface area (Å²) in [5, 5.41) is 21.8. The van der Waals surface area contributed by atoms with Crippen molar-refractivity contribution in [3.8, 4) is 5.88 Å². The molecule has 1 atom stereocenters. The van der Waals surface area contributed by atoms with Gasteiger partial charge < -0.3 is 10.2 Å². The van der Waals surface area contributed by atoms with E-state index in [1.165, 1.54) is 14.1 Å². The number of aliphatic hydroxyl groups excluding tert-OH is 1. The van der Waals surface area contributed by atoms with Gasteiger partial charge in [0.15, 0.2) is 5.78 Å². The summed E-state index contributed by atoms with van der Waals surface area (Å²) in [4.78, 5) is 38.3. The Kier molecular flexibility index (Phi) is 5.21. The molecule has 1 aromatic heterocycles. The summed E-state index contributed by atoms with van der Waals surface area (Å²) in [6.45, 7) is 3.73. The quantitative estimate of drug-likeness (QED) is 0.798. The molecule has 0 bridgehead atoms. The van der Waals surface area contributed by atoms with Gasteiger partial charge in [0, 0.05) is 37.5 Å². The van der Waals surface area contributed by atoms with E-state index in [1.807, 2.05) is 13.8 Å². The van der Waals surface area contributed by atoms with Crippen LogP contribution in [-0.2, 0) is 18.9 Å². The Morgan fingerprint density at radius 1 is 1.03 bits per heavy atom. The van der Waals surface area contributed by atoms with Crippen molar-refractivity contribution in [1.82, 2.24) is 9.13 Å². The predicted molar refractivity (Wildman–Crippen MR) is 110 cm³/mol. The van der Waals surface area contributed by atoms with E-state index in [0.29, 0.717) is 5.56 Å². The summed E-state index contributed by atoms with van der Waals surface area (Å²) < 4.78 is 1.78. The highest BCUT2D eigenvalue weighted by atomic mass is 35.5. The van der Waals surface area contributed by atoms with E-state index in [1.54, 1.807) is 24.3 Å². The minimum atomic E-state index is -1.11. The maximum atomic E-state index is 13.1. The molecule has 0 fully saturated rings. The van der Waals surface area contributed by atoms with Crippen LogP contribution in [-0.4, -0.2) is 25.1 Å². The number of nitrogens with zero attached hydrogens (tertiary/aromatic N) is 2. The Morgan fingerprint density at radius 3 is 2.24 bits per heavy atom. The van der Waals surface area contributed by atoms with Crippen LogP contribution < -0.4 is 11.2 Å². The first-order valence-corrected chi connectivity index (χ1v) is 9.52. The zero-order valence-corrected chi connectivity index (χ0v) is 17.4. The van der Waals surface area contributed by atoms with E-state index in [9.17, 15) is 24.6 Å². The third-order valence-electron chi connectivity index (χ3n) is 5.36. The molecule has 0 radical (unpaired) electrons. The number of aromatic nitrogens is 2. The minimum absolute atomic E-state index is 0.0171. The number of carbonyl (C=O) groups is 1. The summed E-state index contributed by atoms with van der Waals surface area (Å²) >= 11 is 6.38. The number of benzene rings is 1. The fourth-order valence-corrected chi connectivity index (χ4v) is 4.15. The van der Waals surface area contributed by atoms with Gasteiger partial charge in [0.1, 0.15) is 5.76 Å². The van der Waals surface area contributed by atoms with Gasteiger partial charge in [0.25, 0.3) is 5.56 Å². The highest BCUT2D eigenvalue weighted by Crippen LogP contribution is 2.45. The third-order valence-corrected chi connectivity index (χ3v) is 5.70. The Hall–Kier alpha value is -2.80. The fourth-order valence-electron chi connectivity index (χ4n) is 3.91. The number of hydrogen-bond donors (Lipinski definition) is 2. The monoisotopic (exact) mass is 418 g/mol. The van der Waals surface area contributed by atoms with Gasteiger partial charge in [-0.2, -0.15) is 0 Å². The molecule has 0 saturated heterocycles. The number of ketones is 1. The van der Waals surface area contributed by atoms with Crippen molar-refractivity contribution in [2.75, 3.05) is 0 Å². The first kappa shape index (κ1) is 20.9. The van der Waals surface area contributed by atoms with Crippen LogP contribution >= 0.6 is 11.6 Å². The molecule has 0 amide bonds. The van der Waals surface area contributed by atoms with Crippen molar-refractivity contribution in [2.24, 2.45) is 19.5 Å². The molecule has 1 heterocycles. The van der Waals surface area contributed by atoms with Crippen LogP contribution in [0, 0.1) is 5.41 Å². The standard InChI is InChI=1S/C21H23ClN2O5/c1-21(2)9-13(25)16(14(26)10-21)15(11-7-5-6-8-12(11)22)17-18(27)23(3)20(29)24(4)19(17)28/h5-8,15,25,27H,9-10H2,1-4H3. The van der Waals surface area contributed by atoms with Gasteiger partial charge in [-0.25, -0.2) is 4.79 Å². The van der Waals surface area contributed by atoms with E-state index >= 15 is 0 Å². The predicted octanol–water partition coefficient (Wildman–Crippen LogP) is 2.78. The Bertz CT molecular complexity index is 1160. The molecule has 0 aliphatic heterocycles. The van der Waals surface area contributed by atoms with Gasteiger partial charge in [-0.05, 0) is 17.0 Å². The molecule has 0 spiro atoms. The number of aliphatic hydroxyl groups is 1. The van der Waals surface area contributed by atoms with Crippen molar-refractivity contribution in [2.45, 2.75) is 32.6 Å². The average molecular weight is 419 g/mol. The largest absolute Gasteiger partial charge is 0.512 e. The van der Waals surface area contributed by atoms with Gasteiger partial charge >= 0.3 is 5.69 Å². The number of aromatic hydroxyl groups is 1. The topological polar surface area (TPSA) is 102 Å². The maximum Gasteiger partial charge on any atom is 0.333 e. The van der Waals surface area contributed by atoms with E-state index in [4.69, 9.17) is 11.6 Å². The zero-order chi connectivity index (χ0) is 21.7. The number of rotatable bonds is 3. The Morgan fingerprint density at radius 2 is 1.66 bits per heavy atom. The first-order chi connectivity index (χ1) is 13.5. The van der Waals surface area contributed by atoms with Gasteiger partial charge in [-0.3, -0.25) is 18.7 Å². The number of allylic oxidation sites excluding steroid dienone is 2. The molecule has 2 N–H and O–H groups in total. The third kappa shape index (κ3) is 3.51. The molecule has 1 aliphatic rings. The normalized spacial score (nSPS) is 17.5. The molecular weight excluding hydrogens is 396 g/mol. The van der Waals surface area contributed by atoms with Crippen molar-refractivity contribution in [3.05, 3.63) is 72.6 Å². The summed E-state index contributed by atoms with van der Waals surface area (Å²) in [7, 11) is 2.61. The van der Waals surface area contributed by atoms with Gasteiger partial charge in [0.05, 0.1) is 11.5 Å². The highest BCUT2D eigenvalue weighted by molar-refractivity contribution is 6.31. The lowest BCUT2D eigenvalue weighted by atomic mass is 9.71. The van der Waals surface area contributed by atoms with E-state index < -0.39 is 28.5 Å². The van der Waals surface area contributed by atoms with E-state index in [-0.39, 0.29) is 40.5 Å². The summed E-state index contributed by atoms with van der Waals surface area (Å²) in [5.74, 6) is -2.16. The first-order valence-electron chi connectivity index (χ1n) is 9.15. The van der Waals surface area contributed by atoms with E-state index in [0.717, 1.165) is 9.13 Å². The molecular formula is C21H23ClN2O5. The molecule has 0 saturated carbocycles. The lowest BCUT2D eigenvalue weighted by Gasteiger charge is -2.33. The van der Waals surface area contributed by atoms with Crippen LogP contribution in [0.5, 0.6) is 5.88 Å². The molecule has 8 heteroatoms. The molecule has 1 unspecified atom stereocenters. The SMILES string of the molecule is Cn1c(O)c(C(C2=C(O)CC(C)(C)CC2=O)c2ccccc2Cl)c(=O)n(C)c1=O. The maximum absolute atomic E-state index is 13.1. The molecule has 3 rings (SSSR count). The highest BCUT2D eigenvalue weighted by Gasteiger charge is 2.40.